The molecule has 3 aromatic heterocycles. The lowest BCUT2D eigenvalue weighted by atomic mass is 10.1. The average molecular weight is 451 g/mol. The van der Waals surface area contributed by atoms with Crippen molar-refractivity contribution in [2.75, 3.05) is 0 Å². The molecule has 8 heteroatoms. The largest absolute Gasteiger partial charge is 0.346 e. The molecule has 0 radical (unpaired) electrons. The number of carbonyl (C=O) groups excluding carboxylic acids is 1. The fraction of sp³-hybridized carbons (Fsp3) is 0.115. The topological polar surface area (TPSA) is 94.7 Å². The molecule has 5 rings (SSSR count). The minimum atomic E-state index is -0.256. The minimum absolute atomic E-state index is 0.164. The van der Waals surface area contributed by atoms with Gasteiger partial charge in [0, 0.05) is 11.6 Å². The molecule has 0 fully saturated rings. The molecule has 168 valence electrons. The summed E-state index contributed by atoms with van der Waals surface area (Å²) in [6.07, 6.45) is 3.24. The second-order valence-electron chi connectivity index (χ2n) is 7.85. The molecule has 0 aliphatic carbocycles. The first-order chi connectivity index (χ1) is 16.6. The van der Waals surface area contributed by atoms with Gasteiger partial charge in [0.1, 0.15) is 0 Å². The van der Waals surface area contributed by atoms with Crippen LogP contribution in [0, 0.1) is 6.92 Å². The number of aromatic nitrogens is 5. The van der Waals surface area contributed by atoms with Crippen LogP contribution in [0.1, 0.15) is 27.4 Å². The first-order valence-electron chi connectivity index (χ1n) is 10.9. The lowest BCUT2D eigenvalue weighted by Gasteiger charge is -2.12. The van der Waals surface area contributed by atoms with Crippen molar-refractivity contribution in [3.63, 3.8) is 0 Å². The number of hydrogen-bond acceptors (Lipinski definition) is 5. The Labute approximate surface area is 195 Å². The van der Waals surface area contributed by atoms with Crippen molar-refractivity contribution in [3.05, 3.63) is 118 Å². The van der Waals surface area contributed by atoms with Crippen LogP contribution in [-0.4, -0.2) is 30.5 Å². The summed E-state index contributed by atoms with van der Waals surface area (Å²) in [4.78, 5) is 30.3. The predicted molar refractivity (Wildman–Crippen MR) is 129 cm³/mol. The number of carbonyl (C=O) groups is 1. The van der Waals surface area contributed by atoms with Gasteiger partial charge in [-0.15, -0.1) is 0 Å². The van der Waals surface area contributed by atoms with E-state index >= 15 is 0 Å². The van der Waals surface area contributed by atoms with Gasteiger partial charge in [-0.3, -0.25) is 14.6 Å². The van der Waals surface area contributed by atoms with E-state index in [0.717, 1.165) is 17.1 Å². The van der Waals surface area contributed by atoms with E-state index in [1.54, 1.807) is 23.1 Å². The Morgan fingerprint density at radius 1 is 0.941 bits per heavy atom. The molecule has 1 N–H and O–H groups in total. The number of nitrogens with zero attached hydrogens (tertiary/aromatic N) is 5. The Hall–Kier alpha value is -4.59. The summed E-state index contributed by atoms with van der Waals surface area (Å²) >= 11 is 0. The van der Waals surface area contributed by atoms with E-state index in [4.69, 9.17) is 0 Å². The molecule has 0 atom stereocenters. The number of fused-ring (bicyclic) bond motifs is 1. The van der Waals surface area contributed by atoms with Crippen LogP contribution in [0.25, 0.3) is 16.5 Å². The monoisotopic (exact) mass is 450 g/mol. The number of nitrogens with one attached hydrogen (secondary N) is 1. The number of benzene rings is 2. The Bertz CT molecular complexity index is 1520. The molecule has 0 spiro atoms. The van der Waals surface area contributed by atoms with Crippen molar-refractivity contribution in [1.82, 2.24) is 29.9 Å². The average Bonchev–Trinajstić information content (AvgIpc) is 3.27. The highest BCUT2D eigenvalue weighted by Crippen LogP contribution is 2.16. The van der Waals surface area contributed by atoms with Crippen LogP contribution in [0.4, 0.5) is 0 Å². The summed E-state index contributed by atoms with van der Waals surface area (Å²) in [5.41, 5.74) is 3.24. The highest BCUT2D eigenvalue weighted by Gasteiger charge is 2.17. The van der Waals surface area contributed by atoms with Crippen LogP contribution in [0.15, 0.2) is 90.0 Å². The first-order valence-corrected chi connectivity index (χ1v) is 10.9. The predicted octanol–water partition coefficient (Wildman–Crippen LogP) is 3.26. The standard InChI is InChI=1S/C26H22N6O2/c1-18-23(15-29-32(18)20-10-3-2-4-11-20)25(33)28-16-24-21-12-5-6-13-22(21)26(34)31(30-24)17-19-9-7-8-14-27-19/h2-15H,16-17H2,1H3,(H,28,33). The molecule has 8 nitrogen and oxygen atoms in total. The zero-order valence-corrected chi connectivity index (χ0v) is 18.5. The van der Waals surface area contributed by atoms with E-state index in [0.29, 0.717) is 22.0 Å². The van der Waals surface area contributed by atoms with Crippen LogP contribution in [0.5, 0.6) is 0 Å². The fourth-order valence-corrected chi connectivity index (χ4v) is 3.91. The highest BCUT2D eigenvalue weighted by molar-refractivity contribution is 5.95. The minimum Gasteiger partial charge on any atom is -0.346 e. The summed E-state index contributed by atoms with van der Waals surface area (Å²) in [7, 11) is 0. The molecule has 1 amide bonds. The third kappa shape index (κ3) is 4.09. The Morgan fingerprint density at radius 3 is 2.44 bits per heavy atom. The summed E-state index contributed by atoms with van der Waals surface area (Å²) in [5.74, 6) is -0.256. The van der Waals surface area contributed by atoms with Crippen molar-refractivity contribution in [2.45, 2.75) is 20.0 Å². The first kappa shape index (κ1) is 21.3. The Kier molecular flexibility index (Phi) is 5.70. The quantitative estimate of drug-likeness (QED) is 0.429. The Morgan fingerprint density at radius 2 is 1.68 bits per heavy atom. The summed E-state index contributed by atoms with van der Waals surface area (Å²) in [6, 6.07) is 22.5. The summed E-state index contributed by atoms with van der Waals surface area (Å²) in [5, 5.41) is 13.1. The molecule has 0 saturated carbocycles. The molecule has 0 bridgehead atoms. The van der Waals surface area contributed by atoms with E-state index < -0.39 is 0 Å². The van der Waals surface area contributed by atoms with Gasteiger partial charge in [-0.1, -0.05) is 42.5 Å². The Balaban J connectivity index is 1.43. The van der Waals surface area contributed by atoms with E-state index in [1.165, 1.54) is 4.68 Å². The van der Waals surface area contributed by atoms with Crippen molar-refractivity contribution >= 4 is 16.7 Å². The smallest absolute Gasteiger partial charge is 0.275 e. The van der Waals surface area contributed by atoms with Gasteiger partial charge in [-0.2, -0.15) is 10.2 Å². The second kappa shape index (κ2) is 9.11. The molecular weight excluding hydrogens is 428 g/mol. The SMILES string of the molecule is Cc1c(C(=O)NCc2nn(Cc3ccccn3)c(=O)c3ccccc23)cnn1-c1ccccc1. The zero-order valence-electron chi connectivity index (χ0n) is 18.5. The molecule has 0 unspecified atom stereocenters. The molecule has 34 heavy (non-hydrogen) atoms. The van der Waals surface area contributed by atoms with Crippen LogP contribution < -0.4 is 10.9 Å². The number of amides is 1. The molecule has 0 aliphatic rings. The molecule has 3 heterocycles. The van der Waals surface area contributed by atoms with Gasteiger partial charge >= 0.3 is 0 Å². The van der Waals surface area contributed by atoms with E-state index in [2.05, 4.69) is 20.5 Å². The van der Waals surface area contributed by atoms with Crippen molar-refractivity contribution in [1.29, 1.82) is 0 Å². The highest BCUT2D eigenvalue weighted by atomic mass is 16.2. The van der Waals surface area contributed by atoms with Gasteiger partial charge in [-0.05, 0) is 37.3 Å². The number of rotatable bonds is 6. The summed E-state index contributed by atoms with van der Waals surface area (Å²) in [6.45, 7) is 2.27. The molecular formula is C26H22N6O2. The zero-order chi connectivity index (χ0) is 23.5. The number of para-hydroxylation sites is 1. The molecule has 0 saturated heterocycles. The fourth-order valence-electron chi connectivity index (χ4n) is 3.91. The second-order valence-corrected chi connectivity index (χ2v) is 7.85. The van der Waals surface area contributed by atoms with Gasteiger partial charge in [0.2, 0.25) is 0 Å². The maximum Gasteiger partial charge on any atom is 0.275 e. The maximum atomic E-state index is 13.0. The van der Waals surface area contributed by atoms with Crippen molar-refractivity contribution in [3.8, 4) is 5.69 Å². The third-order valence-corrected chi connectivity index (χ3v) is 5.65. The van der Waals surface area contributed by atoms with E-state index in [9.17, 15) is 9.59 Å². The van der Waals surface area contributed by atoms with E-state index in [1.807, 2.05) is 73.7 Å². The van der Waals surface area contributed by atoms with Gasteiger partial charge in [0.15, 0.2) is 0 Å². The summed E-state index contributed by atoms with van der Waals surface area (Å²) < 4.78 is 3.13. The molecule has 5 aromatic rings. The van der Waals surface area contributed by atoms with Crippen LogP contribution in [0.3, 0.4) is 0 Å². The third-order valence-electron chi connectivity index (χ3n) is 5.65. The van der Waals surface area contributed by atoms with E-state index in [-0.39, 0.29) is 24.6 Å². The van der Waals surface area contributed by atoms with Gasteiger partial charge in [0.25, 0.3) is 11.5 Å². The van der Waals surface area contributed by atoms with Gasteiger partial charge < -0.3 is 5.32 Å². The van der Waals surface area contributed by atoms with Gasteiger partial charge in [-0.25, -0.2) is 9.36 Å². The lowest BCUT2D eigenvalue weighted by Crippen LogP contribution is -2.29. The maximum absolute atomic E-state index is 13.0. The lowest BCUT2D eigenvalue weighted by molar-refractivity contribution is 0.0949. The normalized spacial score (nSPS) is 11.0. The number of pyridine rings is 1. The van der Waals surface area contributed by atoms with Crippen molar-refractivity contribution < 1.29 is 4.79 Å². The van der Waals surface area contributed by atoms with Crippen LogP contribution in [-0.2, 0) is 13.1 Å². The molecule has 2 aromatic carbocycles. The van der Waals surface area contributed by atoms with Crippen LogP contribution >= 0.6 is 0 Å². The number of hydrogen-bond donors (Lipinski definition) is 1. The van der Waals surface area contributed by atoms with Crippen LogP contribution in [0.2, 0.25) is 0 Å². The van der Waals surface area contributed by atoms with Gasteiger partial charge in [0.05, 0.1) is 53.0 Å². The van der Waals surface area contributed by atoms with Crippen molar-refractivity contribution in [2.24, 2.45) is 0 Å². The molecule has 0 aliphatic heterocycles.